The number of hydrogen-bond acceptors (Lipinski definition) is 2. The summed E-state index contributed by atoms with van der Waals surface area (Å²) in [6.07, 6.45) is 0. The van der Waals surface area contributed by atoms with Gasteiger partial charge in [0, 0.05) is 0 Å². The summed E-state index contributed by atoms with van der Waals surface area (Å²) < 4.78 is 39.9. The largest absolute Gasteiger partial charge is 0.277 e. The molecule has 2 aromatic rings. The molecule has 106 valence electrons. The topological polar surface area (TPSA) is 46.2 Å². The standard InChI is InChI=1S/C13H10Cl2FNO2S/c1-8-4-2-3-5-12(8)20(18,19)17-13-10(14)6-9(16)7-11(13)15/h2-7,17H,1H3. The Morgan fingerprint density at radius 1 is 1.10 bits per heavy atom. The first-order chi connectivity index (χ1) is 9.31. The van der Waals surface area contributed by atoms with E-state index in [1.807, 2.05) is 0 Å². The van der Waals surface area contributed by atoms with Crippen LogP contribution in [-0.2, 0) is 10.0 Å². The highest BCUT2D eigenvalue weighted by molar-refractivity contribution is 7.92. The maximum absolute atomic E-state index is 13.1. The molecule has 0 aliphatic heterocycles. The van der Waals surface area contributed by atoms with Gasteiger partial charge in [0.05, 0.1) is 20.6 Å². The van der Waals surface area contributed by atoms with Crippen LogP contribution in [0.5, 0.6) is 0 Å². The van der Waals surface area contributed by atoms with E-state index in [1.54, 1.807) is 25.1 Å². The third-order valence-corrected chi connectivity index (χ3v) is 4.73. The molecule has 0 aliphatic carbocycles. The van der Waals surface area contributed by atoms with Crippen LogP contribution >= 0.6 is 23.2 Å². The Bertz CT molecular complexity index is 740. The predicted octanol–water partition coefficient (Wildman–Crippen LogP) is 4.24. The second-order valence-electron chi connectivity index (χ2n) is 4.12. The van der Waals surface area contributed by atoms with Gasteiger partial charge in [0.1, 0.15) is 5.82 Å². The lowest BCUT2D eigenvalue weighted by Gasteiger charge is -2.12. The van der Waals surface area contributed by atoms with E-state index < -0.39 is 15.8 Å². The van der Waals surface area contributed by atoms with E-state index in [-0.39, 0.29) is 20.6 Å². The molecule has 0 saturated carbocycles. The van der Waals surface area contributed by atoms with Crippen molar-refractivity contribution >= 4 is 38.9 Å². The Morgan fingerprint density at radius 2 is 1.65 bits per heavy atom. The van der Waals surface area contributed by atoms with Crippen LogP contribution < -0.4 is 4.72 Å². The molecule has 7 heteroatoms. The lowest BCUT2D eigenvalue weighted by Crippen LogP contribution is -2.15. The zero-order valence-electron chi connectivity index (χ0n) is 10.3. The number of nitrogens with one attached hydrogen (secondary N) is 1. The highest BCUT2D eigenvalue weighted by Gasteiger charge is 2.20. The molecular formula is C13H10Cl2FNO2S. The van der Waals surface area contributed by atoms with Gasteiger partial charge < -0.3 is 0 Å². The minimum atomic E-state index is -3.84. The minimum Gasteiger partial charge on any atom is -0.277 e. The SMILES string of the molecule is Cc1ccccc1S(=O)(=O)Nc1c(Cl)cc(F)cc1Cl. The highest BCUT2D eigenvalue weighted by atomic mass is 35.5. The Kier molecular flexibility index (Phi) is 4.22. The molecule has 20 heavy (non-hydrogen) atoms. The maximum Gasteiger partial charge on any atom is 0.262 e. The molecular weight excluding hydrogens is 324 g/mol. The van der Waals surface area contributed by atoms with Crippen LogP contribution in [0.25, 0.3) is 0 Å². The number of sulfonamides is 1. The van der Waals surface area contributed by atoms with Gasteiger partial charge in [0.2, 0.25) is 0 Å². The quantitative estimate of drug-likeness (QED) is 0.912. The molecule has 3 nitrogen and oxygen atoms in total. The zero-order chi connectivity index (χ0) is 14.9. The van der Waals surface area contributed by atoms with Crippen molar-refractivity contribution in [3.8, 4) is 0 Å². The summed E-state index contributed by atoms with van der Waals surface area (Å²) in [6.45, 7) is 1.67. The number of hydrogen-bond donors (Lipinski definition) is 1. The Labute approximate surface area is 126 Å². The average molecular weight is 334 g/mol. The van der Waals surface area contributed by atoms with Gasteiger partial charge in [0.25, 0.3) is 10.0 Å². The molecule has 0 radical (unpaired) electrons. The van der Waals surface area contributed by atoms with Gasteiger partial charge in [0.15, 0.2) is 0 Å². The van der Waals surface area contributed by atoms with Gasteiger partial charge in [-0.3, -0.25) is 4.72 Å². The fourth-order valence-electron chi connectivity index (χ4n) is 1.69. The van der Waals surface area contributed by atoms with Crippen molar-refractivity contribution in [1.29, 1.82) is 0 Å². The van der Waals surface area contributed by atoms with Gasteiger partial charge in [-0.15, -0.1) is 0 Å². The molecule has 2 rings (SSSR count). The van der Waals surface area contributed by atoms with Crippen molar-refractivity contribution in [2.24, 2.45) is 0 Å². The van der Waals surface area contributed by atoms with E-state index in [2.05, 4.69) is 4.72 Å². The molecule has 0 spiro atoms. The van der Waals surface area contributed by atoms with Gasteiger partial charge in [-0.1, -0.05) is 41.4 Å². The van der Waals surface area contributed by atoms with Crippen molar-refractivity contribution in [2.75, 3.05) is 4.72 Å². The number of halogens is 3. The van der Waals surface area contributed by atoms with Gasteiger partial charge in [-0.25, -0.2) is 12.8 Å². The first-order valence-electron chi connectivity index (χ1n) is 5.54. The van der Waals surface area contributed by atoms with E-state index in [0.29, 0.717) is 5.56 Å². The molecule has 0 unspecified atom stereocenters. The molecule has 0 atom stereocenters. The summed E-state index contributed by atoms with van der Waals surface area (Å²) in [6, 6.07) is 8.44. The summed E-state index contributed by atoms with van der Waals surface area (Å²) in [5.74, 6) is -0.640. The van der Waals surface area contributed by atoms with E-state index in [0.717, 1.165) is 12.1 Å². The maximum atomic E-state index is 13.1. The fraction of sp³-hybridized carbons (Fsp3) is 0.0769. The lowest BCUT2D eigenvalue weighted by molar-refractivity contribution is 0.600. The molecule has 0 saturated heterocycles. The Balaban J connectivity index is 2.47. The summed E-state index contributed by atoms with van der Waals surface area (Å²) in [7, 11) is -3.84. The predicted molar refractivity (Wildman–Crippen MR) is 78.4 cm³/mol. The van der Waals surface area contributed by atoms with Crippen molar-refractivity contribution in [3.05, 3.63) is 57.8 Å². The first-order valence-corrected chi connectivity index (χ1v) is 7.78. The van der Waals surface area contributed by atoms with Crippen LogP contribution in [-0.4, -0.2) is 8.42 Å². The number of anilines is 1. The van der Waals surface area contributed by atoms with Crippen LogP contribution in [0.4, 0.5) is 10.1 Å². The second kappa shape index (κ2) is 5.60. The molecule has 0 aromatic heterocycles. The molecule has 0 aliphatic rings. The third kappa shape index (κ3) is 3.06. The van der Waals surface area contributed by atoms with Crippen molar-refractivity contribution in [1.82, 2.24) is 0 Å². The normalized spacial score (nSPS) is 11.4. The molecule has 1 N–H and O–H groups in total. The second-order valence-corrected chi connectivity index (χ2v) is 6.58. The van der Waals surface area contributed by atoms with E-state index in [9.17, 15) is 12.8 Å². The highest BCUT2D eigenvalue weighted by Crippen LogP contribution is 2.33. The van der Waals surface area contributed by atoms with Crippen LogP contribution in [0.2, 0.25) is 10.0 Å². The van der Waals surface area contributed by atoms with Crippen LogP contribution in [0, 0.1) is 12.7 Å². The Hall–Kier alpha value is -1.30. The summed E-state index contributed by atoms with van der Waals surface area (Å²) in [5.41, 5.74) is 0.535. The van der Waals surface area contributed by atoms with E-state index in [4.69, 9.17) is 23.2 Å². The van der Waals surface area contributed by atoms with Crippen LogP contribution in [0.3, 0.4) is 0 Å². The molecule has 0 bridgehead atoms. The van der Waals surface area contributed by atoms with Crippen LogP contribution in [0.15, 0.2) is 41.3 Å². The third-order valence-electron chi connectivity index (χ3n) is 2.63. The van der Waals surface area contributed by atoms with E-state index >= 15 is 0 Å². The number of aryl methyl sites for hydroxylation is 1. The van der Waals surface area contributed by atoms with Gasteiger partial charge in [-0.05, 0) is 30.7 Å². The number of benzene rings is 2. The van der Waals surface area contributed by atoms with Crippen molar-refractivity contribution in [2.45, 2.75) is 11.8 Å². The molecule has 0 fully saturated rings. The fourth-order valence-corrected chi connectivity index (χ4v) is 3.70. The zero-order valence-corrected chi connectivity index (χ0v) is 12.7. The van der Waals surface area contributed by atoms with Gasteiger partial charge >= 0.3 is 0 Å². The summed E-state index contributed by atoms with van der Waals surface area (Å²) >= 11 is 11.6. The Morgan fingerprint density at radius 3 is 2.20 bits per heavy atom. The lowest BCUT2D eigenvalue weighted by atomic mass is 10.2. The number of rotatable bonds is 3. The molecule has 0 amide bonds. The van der Waals surface area contributed by atoms with Gasteiger partial charge in [-0.2, -0.15) is 0 Å². The molecule has 0 heterocycles. The first kappa shape index (κ1) is 15.1. The smallest absolute Gasteiger partial charge is 0.262 e. The average Bonchev–Trinajstić information content (AvgIpc) is 2.34. The summed E-state index contributed by atoms with van der Waals surface area (Å²) in [4.78, 5) is 0.108. The minimum absolute atomic E-state index is 0.0435. The molecule has 2 aromatic carbocycles. The van der Waals surface area contributed by atoms with E-state index in [1.165, 1.54) is 6.07 Å². The van der Waals surface area contributed by atoms with Crippen molar-refractivity contribution in [3.63, 3.8) is 0 Å². The monoisotopic (exact) mass is 333 g/mol. The van der Waals surface area contributed by atoms with Crippen LogP contribution in [0.1, 0.15) is 5.56 Å². The summed E-state index contributed by atoms with van der Waals surface area (Å²) in [5, 5.41) is -0.209. The van der Waals surface area contributed by atoms with Crippen molar-refractivity contribution < 1.29 is 12.8 Å².